The molecule has 4 nitrogen and oxygen atoms in total. The summed E-state index contributed by atoms with van der Waals surface area (Å²) in [7, 11) is -6.14. The Labute approximate surface area is 112 Å². The van der Waals surface area contributed by atoms with Crippen molar-refractivity contribution in [2.75, 3.05) is 6.61 Å². The first-order valence-corrected chi connectivity index (χ1v) is 5.34. The summed E-state index contributed by atoms with van der Waals surface area (Å²) in [6.07, 6.45) is -2.06. The van der Waals surface area contributed by atoms with E-state index >= 15 is 0 Å². The molecule has 2 N–H and O–H groups in total. The second-order valence-electron chi connectivity index (χ2n) is 2.88. The van der Waals surface area contributed by atoms with E-state index in [0.717, 1.165) is 0 Å². The average molecular weight is 277 g/mol. The fourth-order valence-electron chi connectivity index (χ4n) is 0.793. The summed E-state index contributed by atoms with van der Waals surface area (Å²) in [5, 5.41) is 2.72. The van der Waals surface area contributed by atoms with Gasteiger partial charge in [0, 0.05) is 42.6 Å². The van der Waals surface area contributed by atoms with Gasteiger partial charge in [0.15, 0.2) is 0 Å². The Kier molecular flexibility index (Phi) is 7.70. The molecule has 93 valence electrons. The van der Waals surface area contributed by atoms with Crippen LogP contribution in [0.3, 0.4) is 0 Å². The maximum atomic E-state index is 12.7. The summed E-state index contributed by atoms with van der Waals surface area (Å²) in [6, 6.07) is 0. The molecule has 0 aromatic heterocycles. The van der Waals surface area contributed by atoms with Gasteiger partial charge < -0.3 is 5.11 Å². The number of hydrogen-bond donors (Lipinski definition) is 2. The van der Waals surface area contributed by atoms with Crippen LogP contribution < -0.4 is 0 Å². The Bertz CT molecular complexity index is 306. The summed E-state index contributed by atoms with van der Waals surface area (Å²) in [5.74, 6) is -4.85. The number of aliphatic hydroxyl groups excluding tert-OH is 1. The molecular formula is C6H10F4NaO4S. The molecule has 0 aliphatic heterocycles. The molecular weight excluding hydrogens is 267 g/mol. The van der Waals surface area contributed by atoms with Crippen LogP contribution in [0.15, 0.2) is 0 Å². The topological polar surface area (TPSA) is 74.6 Å². The standard InChI is InChI=1S/C6H10F4O4S.Na/c7-5(8,3-1-2-4-11)6(9,10)15(12,13)14;/h11H,1-4H2,(H,12,13,14);. The molecule has 0 saturated carbocycles. The van der Waals surface area contributed by atoms with Gasteiger partial charge in [0.05, 0.1) is 0 Å². The zero-order chi connectivity index (χ0) is 12.3. The Morgan fingerprint density at radius 1 is 1.06 bits per heavy atom. The maximum Gasteiger partial charge on any atom is 0.431 e. The van der Waals surface area contributed by atoms with Gasteiger partial charge in [-0.2, -0.15) is 26.0 Å². The first-order chi connectivity index (χ1) is 6.56. The third-order valence-electron chi connectivity index (χ3n) is 1.65. The van der Waals surface area contributed by atoms with E-state index in [9.17, 15) is 26.0 Å². The van der Waals surface area contributed by atoms with Crippen molar-refractivity contribution >= 4 is 39.7 Å². The molecule has 0 aromatic rings. The molecule has 0 rings (SSSR count). The van der Waals surface area contributed by atoms with E-state index < -0.39 is 40.7 Å². The van der Waals surface area contributed by atoms with Gasteiger partial charge in [0.2, 0.25) is 0 Å². The Balaban J connectivity index is 0. The number of halogens is 4. The fraction of sp³-hybridized carbons (Fsp3) is 1.00. The average Bonchev–Trinajstić information content (AvgIpc) is 2.02. The molecule has 0 heterocycles. The van der Waals surface area contributed by atoms with Crippen LogP contribution in [0.2, 0.25) is 0 Å². The second-order valence-corrected chi connectivity index (χ2v) is 4.34. The van der Waals surface area contributed by atoms with Crippen molar-refractivity contribution in [1.82, 2.24) is 0 Å². The van der Waals surface area contributed by atoms with Gasteiger partial charge in [0.25, 0.3) is 0 Å². The molecule has 0 unspecified atom stereocenters. The Morgan fingerprint density at radius 2 is 1.50 bits per heavy atom. The van der Waals surface area contributed by atoms with Crippen LogP contribution in [0, 0.1) is 0 Å². The van der Waals surface area contributed by atoms with Crippen LogP contribution in [0.4, 0.5) is 17.6 Å². The molecule has 0 amide bonds. The fourth-order valence-corrected chi connectivity index (χ4v) is 1.27. The van der Waals surface area contributed by atoms with Gasteiger partial charge in [-0.25, -0.2) is 0 Å². The minimum absolute atomic E-state index is 0. The molecule has 16 heavy (non-hydrogen) atoms. The summed E-state index contributed by atoms with van der Waals surface area (Å²) >= 11 is 0. The van der Waals surface area contributed by atoms with Gasteiger partial charge in [-0.1, -0.05) is 0 Å². The molecule has 0 spiro atoms. The van der Waals surface area contributed by atoms with Crippen molar-refractivity contribution < 1.29 is 35.6 Å². The zero-order valence-electron chi connectivity index (χ0n) is 8.46. The smallest absolute Gasteiger partial charge is 0.396 e. The van der Waals surface area contributed by atoms with Crippen LogP contribution in [0.25, 0.3) is 0 Å². The monoisotopic (exact) mass is 277 g/mol. The van der Waals surface area contributed by atoms with Crippen LogP contribution in [0.1, 0.15) is 19.3 Å². The summed E-state index contributed by atoms with van der Waals surface area (Å²) in [5.41, 5.74) is 0. The third kappa shape index (κ3) is 4.46. The quantitative estimate of drug-likeness (QED) is 0.327. The van der Waals surface area contributed by atoms with Crippen molar-refractivity contribution in [1.29, 1.82) is 0 Å². The normalized spacial score (nSPS) is 13.4. The van der Waals surface area contributed by atoms with Gasteiger partial charge in [-0.05, 0) is 12.8 Å². The van der Waals surface area contributed by atoms with Crippen molar-refractivity contribution in [3.63, 3.8) is 0 Å². The second kappa shape index (κ2) is 6.50. The Hall–Kier alpha value is 0.590. The number of rotatable bonds is 6. The van der Waals surface area contributed by atoms with E-state index in [1.165, 1.54) is 0 Å². The van der Waals surface area contributed by atoms with Gasteiger partial charge in [-0.15, -0.1) is 0 Å². The van der Waals surface area contributed by atoms with Crippen molar-refractivity contribution in [2.45, 2.75) is 30.4 Å². The largest absolute Gasteiger partial charge is 0.431 e. The zero-order valence-corrected chi connectivity index (χ0v) is 11.3. The SMILES string of the molecule is O=S(=O)(O)C(F)(F)C(F)(F)CCCCO.[Na]. The van der Waals surface area contributed by atoms with Crippen LogP contribution >= 0.6 is 0 Å². The van der Waals surface area contributed by atoms with Crippen molar-refractivity contribution in [2.24, 2.45) is 0 Å². The molecule has 0 aliphatic rings. The van der Waals surface area contributed by atoms with Crippen LogP contribution in [-0.4, -0.2) is 65.4 Å². The van der Waals surface area contributed by atoms with Gasteiger partial charge in [0.1, 0.15) is 0 Å². The predicted octanol–water partition coefficient (Wildman–Crippen LogP) is 0.884. The first kappa shape index (κ1) is 18.9. The predicted molar refractivity (Wildman–Crippen MR) is 48.1 cm³/mol. The molecule has 0 aliphatic carbocycles. The number of hydrogen-bond acceptors (Lipinski definition) is 3. The molecule has 0 saturated heterocycles. The van der Waals surface area contributed by atoms with E-state index in [0.29, 0.717) is 0 Å². The number of aliphatic hydroxyl groups is 1. The molecule has 0 aromatic carbocycles. The maximum absolute atomic E-state index is 12.7. The number of unbranched alkanes of at least 4 members (excludes halogenated alkanes) is 1. The Morgan fingerprint density at radius 3 is 1.81 bits per heavy atom. The van der Waals surface area contributed by atoms with Gasteiger partial charge in [-0.3, -0.25) is 4.55 Å². The number of alkyl halides is 4. The molecule has 0 atom stereocenters. The minimum atomic E-state index is -6.14. The van der Waals surface area contributed by atoms with E-state index in [2.05, 4.69) is 0 Å². The van der Waals surface area contributed by atoms with Gasteiger partial charge >= 0.3 is 21.3 Å². The molecule has 0 fully saturated rings. The molecule has 0 bridgehead atoms. The molecule has 10 heteroatoms. The van der Waals surface area contributed by atoms with Crippen LogP contribution in [-0.2, 0) is 10.1 Å². The third-order valence-corrected chi connectivity index (χ3v) is 2.60. The van der Waals surface area contributed by atoms with Crippen molar-refractivity contribution in [3.8, 4) is 0 Å². The summed E-state index contributed by atoms with van der Waals surface area (Å²) in [6.45, 7) is -0.465. The minimum Gasteiger partial charge on any atom is -0.396 e. The van der Waals surface area contributed by atoms with Crippen molar-refractivity contribution in [3.05, 3.63) is 0 Å². The van der Waals surface area contributed by atoms with E-state index in [1.807, 2.05) is 0 Å². The molecule has 1 radical (unpaired) electrons. The summed E-state index contributed by atoms with van der Waals surface area (Å²) < 4.78 is 78.2. The van der Waals surface area contributed by atoms with Crippen LogP contribution in [0.5, 0.6) is 0 Å². The summed E-state index contributed by atoms with van der Waals surface area (Å²) in [4.78, 5) is 0. The van der Waals surface area contributed by atoms with E-state index in [4.69, 9.17) is 9.66 Å². The first-order valence-electron chi connectivity index (χ1n) is 3.90. The van der Waals surface area contributed by atoms with E-state index in [1.54, 1.807) is 0 Å². The van der Waals surface area contributed by atoms with E-state index in [-0.39, 0.29) is 36.0 Å².